The van der Waals surface area contributed by atoms with Crippen LogP contribution in [0.1, 0.15) is 31.9 Å². The zero-order valence-corrected chi connectivity index (χ0v) is 11.9. The zero-order chi connectivity index (χ0) is 14.4. The topological polar surface area (TPSA) is 21.3 Å². The van der Waals surface area contributed by atoms with Crippen molar-refractivity contribution < 1.29 is 9.13 Å². The van der Waals surface area contributed by atoms with Crippen LogP contribution in [-0.2, 0) is 0 Å². The highest BCUT2D eigenvalue weighted by Crippen LogP contribution is 2.30. The molecule has 0 amide bonds. The SMILES string of the molecule is CCCNC(C)c1cc(F)ccc1Oc1ccccc1. The lowest BCUT2D eigenvalue weighted by atomic mass is 10.1. The minimum absolute atomic E-state index is 0.0457. The molecule has 0 saturated carbocycles. The van der Waals surface area contributed by atoms with Gasteiger partial charge in [-0.05, 0) is 50.2 Å². The molecule has 0 bridgehead atoms. The number of halogens is 1. The van der Waals surface area contributed by atoms with Crippen LogP contribution in [0.4, 0.5) is 4.39 Å². The predicted octanol–water partition coefficient (Wildman–Crippen LogP) is 4.68. The third-order valence-corrected chi connectivity index (χ3v) is 3.11. The van der Waals surface area contributed by atoms with Crippen LogP contribution in [0.15, 0.2) is 48.5 Å². The highest BCUT2D eigenvalue weighted by atomic mass is 19.1. The van der Waals surface area contributed by atoms with Crippen molar-refractivity contribution in [2.45, 2.75) is 26.3 Å². The third kappa shape index (κ3) is 3.81. The Morgan fingerprint density at radius 3 is 2.60 bits per heavy atom. The normalized spacial score (nSPS) is 12.2. The summed E-state index contributed by atoms with van der Waals surface area (Å²) in [5.41, 5.74) is 0.835. The first-order valence-corrected chi connectivity index (χ1v) is 6.96. The van der Waals surface area contributed by atoms with Crippen molar-refractivity contribution >= 4 is 0 Å². The van der Waals surface area contributed by atoms with Gasteiger partial charge in [-0.3, -0.25) is 0 Å². The lowest BCUT2D eigenvalue weighted by molar-refractivity contribution is 0.457. The van der Waals surface area contributed by atoms with Gasteiger partial charge in [0.2, 0.25) is 0 Å². The Kier molecular flexibility index (Phi) is 5.13. The van der Waals surface area contributed by atoms with Crippen LogP contribution < -0.4 is 10.1 Å². The van der Waals surface area contributed by atoms with E-state index in [1.165, 1.54) is 12.1 Å². The molecule has 3 heteroatoms. The summed E-state index contributed by atoms with van der Waals surface area (Å²) in [4.78, 5) is 0. The Morgan fingerprint density at radius 1 is 1.15 bits per heavy atom. The number of ether oxygens (including phenoxy) is 1. The fourth-order valence-electron chi connectivity index (χ4n) is 2.04. The second-order valence-corrected chi connectivity index (χ2v) is 4.77. The smallest absolute Gasteiger partial charge is 0.132 e. The van der Waals surface area contributed by atoms with Gasteiger partial charge in [-0.1, -0.05) is 25.1 Å². The molecule has 1 N–H and O–H groups in total. The number of nitrogens with one attached hydrogen (secondary N) is 1. The number of para-hydroxylation sites is 1. The summed E-state index contributed by atoms with van der Waals surface area (Å²) in [5.74, 6) is 1.20. The minimum atomic E-state index is -0.245. The number of hydrogen-bond donors (Lipinski definition) is 1. The van der Waals surface area contributed by atoms with Crippen molar-refractivity contribution in [2.24, 2.45) is 0 Å². The second-order valence-electron chi connectivity index (χ2n) is 4.77. The number of hydrogen-bond acceptors (Lipinski definition) is 2. The van der Waals surface area contributed by atoms with Crippen molar-refractivity contribution in [3.63, 3.8) is 0 Å². The Balaban J connectivity index is 2.23. The van der Waals surface area contributed by atoms with Crippen LogP contribution in [-0.4, -0.2) is 6.54 Å². The summed E-state index contributed by atoms with van der Waals surface area (Å²) >= 11 is 0. The van der Waals surface area contributed by atoms with Gasteiger partial charge in [0.25, 0.3) is 0 Å². The van der Waals surface area contributed by atoms with Crippen molar-refractivity contribution in [2.75, 3.05) is 6.54 Å². The fourth-order valence-corrected chi connectivity index (χ4v) is 2.04. The van der Waals surface area contributed by atoms with Crippen LogP contribution in [0.25, 0.3) is 0 Å². The molecule has 106 valence electrons. The molecule has 1 atom stereocenters. The highest BCUT2D eigenvalue weighted by Gasteiger charge is 2.13. The van der Waals surface area contributed by atoms with Crippen LogP contribution in [0.2, 0.25) is 0 Å². The molecular formula is C17H20FNO. The van der Waals surface area contributed by atoms with Gasteiger partial charge in [0.15, 0.2) is 0 Å². The first-order valence-electron chi connectivity index (χ1n) is 6.96. The summed E-state index contributed by atoms with van der Waals surface area (Å²) in [5, 5.41) is 3.36. The molecule has 0 aromatic heterocycles. The fraction of sp³-hybridized carbons (Fsp3) is 0.294. The highest BCUT2D eigenvalue weighted by molar-refractivity contribution is 5.39. The largest absolute Gasteiger partial charge is 0.457 e. The standard InChI is InChI=1S/C17H20FNO/c1-3-11-19-13(2)16-12-14(18)9-10-17(16)20-15-7-5-4-6-8-15/h4-10,12-13,19H,3,11H2,1-2H3. The Bertz CT molecular complexity index is 542. The van der Waals surface area contributed by atoms with E-state index >= 15 is 0 Å². The van der Waals surface area contributed by atoms with Crippen molar-refractivity contribution in [3.05, 3.63) is 59.9 Å². The summed E-state index contributed by atoms with van der Waals surface area (Å²) < 4.78 is 19.3. The van der Waals surface area contributed by atoms with Crippen molar-refractivity contribution in [1.29, 1.82) is 0 Å². The lowest BCUT2D eigenvalue weighted by Crippen LogP contribution is -2.19. The van der Waals surface area contributed by atoms with E-state index < -0.39 is 0 Å². The average Bonchev–Trinajstić information content (AvgIpc) is 2.47. The zero-order valence-electron chi connectivity index (χ0n) is 11.9. The summed E-state index contributed by atoms with van der Waals surface area (Å²) in [6.07, 6.45) is 1.04. The van der Waals surface area contributed by atoms with Crippen molar-refractivity contribution in [1.82, 2.24) is 5.32 Å². The maximum Gasteiger partial charge on any atom is 0.132 e. The van der Waals surface area contributed by atoms with E-state index in [1.807, 2.05) is 37.3 Å². The van der Waals surface area contributed by atoms with E-state index in [-0.39, 0.29) is 11.9 Å². The maximum absolute atomic E-state index is 13.5. The molecule has 0 heterocycles. The van der Waals surface area contributed by atoms with Crippen LogP contribution >= 0.6 is 0 Å². The molecule has 0 aliphatic carbocycles. The molecule has 0 saturated heterocycles. The van der Waals surface area contributed by atoms with E-state index in [0.717, 1.165) is 24.3 Å². The van der Waals surface area contributed by atoms with Crippen molar-refractivity contribution in [3.8, 4) is 11.5 Å². The van der Waals surface area contributed by atoms with Crippen LogP contribution in [0.5, 0.6) is 11.5 Å². The van der Waals surface area contributed by atoms with Gasteiger partial charge in [-0.2, -0.15) is 0 Å². The first kappa shape index (κ1) is 14.5. The summed E-state index contributed by atoms with van der Waals surface area (Å²) in [6.45, 7) is 5.01. The quantitative estimate of drug-likeness (QED) is 0.825. The number of rotatable bonds is 6. The van der Waals surface area contributed by atoms with Crippen LogP contribution in [0, 0.1) is 5.82 Å². The molecule has 20 heavy (non-hydrogen) atoms. The molecule has 1 unspecified atom stereocenters. The summed E-state index contributed by atoms with van der Waals surface area (Å²) in [6, 6.07) is 14.2. The van der Waals surface area contributed by atoms with Gasteiger partial charge in [0.05, 0.1) is 0 Å². The predicted molar refractivity (Wildman–Crippen MR) is 79.6 cm³/mol. The van der Waals surface area contributed by atoms with Crippen LogP contribution in [0.3, 0.4) is 0 Å². The molecule has 0 aliphatic rings. The van der Waals surface area contributed by atoms with Gasteiger partial charge in [0.1, 0.15) is 17.3 Å². The molecule has 2 rings (SSSR count). The van der Waals surface area contributed by atoms with E-state index in [9.17, 15) is 4.39 Å². The first-order chi connectivity index (χ1) is 9.70. The van der Waals surface area contributed by atoms with Gasteiger partial charge in [-0.25, -0.2) is 4.39 Å². The molecule has 0 radical (unpaired) electrons. The molecular weight excluding hydrogens is 253 g/mol. The van der Waals surface area contributed by atoms with E-state index in [1.54, 1.807) is 6.07 Å². The van der Waals surface area contributed by atoms with E-state index in [0.29, 0.717) is 5.75 Å². The summed E-state index contributed by atoms with van der Waals surface area (Å²) in [7, 11) is 0. The van der Waals surface area contributed by atoms with Gasteiger partial charge >= 0.3 is 0 Å². The molecule has 0 aliphatic heterocycles. The minimum Gasteiger partial charge on any atom is -0.457 e. The average molecular weight is 273 g/mol. The number of benzene rings is 2. The van der Waals surface area contributed by atoms with E-state index in [4.69, 9.17) is 4.74 Å². The molecule has 2 aromatic rings. The van der Waals surface area contributed by atoms with E-state index in [2.05, 4.69) is 12.2 Å². The maximum atomic E-state index is 13.5. The Labute approximate surface area is 119 Å². The molecule has 0 fully saturated rings. The third-order valence-electron chi connectivity index (χ3n) is 3.11. The monoisotopic (exact) mass is 273 g/mol. The van der Waals surface area contributed by atoms with Gasteiger partial charge in [0, 0.05) is 11.6 Å². The molecule has 0 spiro atoms. The van der Waals surface area contributed by atoms with Gasteiger partial charge < -0.3 is 10.1 Å². The lowest BCUT2D eigenvalue weighted by Gasteiger charge is -2.18. The molecule has 2 nitrogen and oxygen atoms in total. The molecule has 2 aromatic carbocycles. The second kappa shape index (κ2) is 7.06. The van der Waals surface area contributed by atoms with Gasteiger partial charge in [-0.15, -0.1) is 0 Å². The Morgan fingerprint density at radius 2 is 1.90 bits per heavy atom. The Hall–Kier alpha value is -1.87.